The Morgan fingerprint density at radius 3 is 2.79 bits per heavy atom. The number of hydrogen-bond donors (Lipinski definition) is 0. The number of nitrogens with zero attached hydrogens (tertiary/aromatic N) is 3. The van der Waals surface area contributed by atoms with Gasteiger partial charge in [0.1, 0.15) is 10.8 Å². The van der Waals surface area contributed by atoms with Crippen LogP contribution >= 0.6 is 34.7 Å². The van der Waals surface area contributed by atoms with E-state index in [1.807, 2.05) is 30.3 Å². The zero-order valence-corrected chi connectivity index (χ0v) is 17.4. The number of thioether (sulfide) groups is 1. The Morgan fingerprint density at radius 1 is 1.07 bits per heavy atom. The molecule has 0 saturated heterocycles. The second kappa shape index (κ2) is 7.67. The number of fused-ring (bicyclic) bond motifs is 2. The van der Waals surface area contributed by atoms with E-state index >= 15 is 0 Å². The molecule has 5 aromatic rings. The summed E-state index contributed by atoms with van der Waals surface area (Å²) in [6.07, 6.45) is 1.60. The first-order chi connectivity index (χ1) is 14.2. The number of thiazole rings is 1. The molecule has 0 amide bonds. The average molecular weight is 440 g/mol. The van der Waals surface area contributed by atoms with Crippen LogP contribution in [0.4, 0.5) is 0 Å². The zero-order valence-electron chi connectivity index (χ0n) is 15.0. The largest absolute Gasteiger partial charge is 0.467 e. The van der Waals surface area contributed by atoms with E-state index in [0.717, 1.165) is 15.2 Å². The first-order valence-corrected chi connectivity index (χ1v) is 11.0. The van der Waals surface area contributed by atoms with Crippen molar-refractivity contribution in [2.45, 2.75) is 17.5 Å². The summed E-state index contributed by atoms with van der Waals surface area (Å²) in [4.78, 5) is 22.5. The Kier molecular flexibility index (Phi) is 4.87. The molecule has 0 spiro atoms. The molecule has 144 valence electrons. The molecule has 3 aromatic heterocycles. The predicted octanol–water partition coefficient (Wildman–Crippen LogP) is 5.59. The van der Waals surface area contributed by atoms with Crippen molar-refractivity contribution in [3.63, 3.8) is 0 Å². The standard InChI is InChI=1S/C21H14ClN3O2S2/c22-13-7-8-15-17(10-13)24-21(25(20(15)26)11-14-4-3-9-27-14)28-12-19-23-16-5-1-2-6-18(16)29-19/h1-10H,11-12H2. The van der Waals surface area contributed by atoms with Crippen LogP contribution < -0.4 is 5.56 Å². The highest BCUT2D eigenvalue weighted by molar-refractivity contribution is 7.98. The summed E-state index contributed by atoms with van der Waals surface area (Å²) < 4.78 is 8.25. The van der Waals surface area contributed by atoms with Gasteiger partial charge in [-0.1, -0.05) is 35.5 Å². The first kappa shape index (κ1) is 18.4. The van der Waals surface area contributed by atoms with Crippen molar-refractivity contribution in [2.24, 2.45) is 0 Å². The highest BCUT2D eigenvalue weighted by Gasteiger charge is 2.15. The zero-order chi connectivity index (χ0) is 19.8. The number of furan rings is 1. The predicted molar refractivity (Wildman–Crippen MR) is 118 cm³/mol. The lowest BCUT2D eigenvalue weighted by atomic mass is 10.2. The number of benzene rings is 2. The monoisotopic (exact) mass is 439 g/mol. The van der Waals surface area contributed by atoms with Gasteiger partial charge in [-0.05, 0) is 42.5 Å². The van der Waals surface area contributed by atoms with Gasteiger partial charge in [-0.15, -0.1) is 11.3 Å². The highest BCUT2D eigenvalue weighted by atomic mass is 35.5. The summed E-state index contributed by atoms with van der Waals surface area (Å²) in [5.74, 6) is 1.32. The third kappa shape index (κ3) is 3.69. The summed E-state index contributed by atoms with van der Waals surface area (Å²) in [5.41, 5.74) is 1.46. The normalized spacial score (nSPS) is 11.5. The number of aromatic nitrogens is 3. The lowest BCUT2D eigenvalue weighted by Crippen LogP contribution is -2.23. The highest BCUT2D eigenvalue weighted by Crippen LogP contribution is 2.28. The van der Waals surface area contributed by atoms with Gasteiger partial charge in [0, 0.05) is 5.02 Å². The molecule has 0 aliphatic carbocycles. The molecule has 8 heteroatoms. The van der Waals surface area contributed by atoms with Gasteiger partial charge in [-0.3, -0.25) is 9.36 Å². The van der Waals surface area contributed by atoms with Gasteiger partial charge in [-0.2, -0.15) is 0 Å². The van der Waals surface area contributed by atoms with Crippen molar-refractivity contribution < 1.29 is 4.42 Å². The van der Waals surface area contributed by atoms with E-state index in [1.54, 1.807) is 40.4 Å². The van der Waals surface area contributed by atoms with Crippen LogP contribution in [0.5, 0.6) is 0 Å². The van der Waals surface area contributed by atoms with Crippen LogP contribution in [0.2, 0.25) is 5.02 Å². The number of rotatable bonds is 5. The summed E-state index contributed by atoms with van der Waals surface area (Å²) in [5, 5.41) is 2.68. The quantitative estimate of drug-likeness (QED) is 0.264. The Balaban J connectivity index is 1.55. The van der Waals surface area contributed by atoms with E-state index in [1.165, 1.54) is 11.8 Å². The van der Waals surface area contributed by atoms with Crippen molar-refractivity contribution in [3.8, 4) is 0 Å². The second-order valence-corrected chi connectivity index (χ2v) is 8.88. The fraction of sp³-hybridized carbons (Fsp3) is 0.0952. The Hall–Kier alpha value is -2.61. The van der Waals surface area contributed by atoms with Crippen molar-refractivity contribution in [1.82, 2.24) is 14.5 Å². The second-order valence-electron chi connectivity index (χ2n) is 6.39. The Morgan fingerprint density at radius 2 is 1.97 bits per heavy atom. The fourth-order valence-electron chi connectivity index (χ4n) is 3.09. The van der Waals surface area contributed by atoms with Gasteiger partial charge >= 0.3 is 0 Å². The molecule has 2 aromatic carbocycles. The summed E-state index contributed by atoms with van der Waals surface area (Å²) in [6, 6.07) is 16.8. The molecule has 29 heavy (non-hydrogen) atoms. The molecule has 0 N–H and O–H groups in total. The van der Waals surface area contributed by atoms with Gasteiger partial charge < -0.3 is 4.42 Å². The first-order valence-electron chi connectivity index (χ1n) is 8.87. The minimum absolute atomic E-state index is 0.116. The van der Waals surface area contributed by atoms with Gasteiger partial charge in [0.15, 0.2) is 5.16 Å². The number of halogens is 1. The lowest BCUT2D eigenvalue weighted by Gasteiger charge is -2.11. The van der Waals surface area contributed by atoms with E-state index in [0.29, 0.717) is 39.1 Å². The molecule has 0 fully saturated rings. The molecule has 0 atom stereocenters. The molecule has 0 unspecified atom stereocenters. The maximum atomic E-state index is 13.2. The minimum Gasteiger partial charge on any atom is -0.467 e. The molecule has 3 heterocycles. The SMILES string of the molecule is O=c1c2ccc(Cl)cc2nc(SCc2nc3ccccc3s2)n1Cc1ccco1. The summed E-state index contributed by atoms with van der Waals surface area (Å²) in [7, 11) is 0. The fourth-order valence-corrected chi connectivity index (χ4v) is 5.21. The molecule has 0 saturated carbocycles. The van der Waals surface area contributed by atoms with Crippen LogP contribution in [-0.2, 0) is 12.3 Å². The van der Waals surface area contributed by atoms with Gasteiger partial charge in [0.2, 0.25) is 0 Å². The molecular weight excluding hydrogens is 426 g/mol. The Bertz CT molecular complexity index is 1340. The van der Waals surface area contributed by atoms with Gasteiger partial charge in [-0.25, -0.2) is 9.97 Å². The van der Waals surface area contributed by atoms with Crippen LogP contribution in [0.25, 0.3) is 21.1 Å². The molecule has 5 nitrogen and oxygen atoms in total. The Labute approximate surface area is 179 Å². The van der Waals surface area contributed by atoms with Crippen molar-refractivity contribution in [2.75, 3.05) is 0 Å². The number of para-hydroxylation sites is 1. The van der Waals surface area contributed by atoms with Crippen LogP contribution in [0.1, 0.15) is 10.8 Å². The van der Waals surface area contributed by atoms with Crippen LogP contribution in [0.15, 0.2) is 75.2 Å². The van der Waals surface area contributed by atoms with Crippen molar-refractivity contribution in [3.05, 3.63) is 87.0 Å². The van der Waals surface area contributed by atoms with E-state index in [4.69, 9.17) is 21.0 Å². The smallest absolute Gasteiger partial charge is 0.262 e. The molecular formula is C21H14ClN3O2S2. The van der Waals surface area contributed by atoms with Crippen molar-refractivity contribution >= 4 is 55.8 Å². The summed E-state index contributed by atoms with van der Waals surface area (Å²) >= 11 is 9.26. The third-order valence-electron chi connectivity index (χ3n) is 4.44. The average Bonchev–Trinajstić information content (AvgIpc) is 3.37. The van der Waals surface area contributed by atoms with Crippen LogP contribution in [0.3, 0.4) is 0 Å². The summed E-state index contributed by atoms with van der Waals surface area (Å²) in [6.45, 7) is 0.319. The van der Waals surface area contributed by atoms with E-state index in [-0.39, 0.29) is 5.56 Å². The van der Waals surface area contributed by atoms with Crippen molar-refractivity contribution in [1.29, 1.82) is 0 Å². The molecule has 0 aliphatic rings. The van der Waals surface area contributed by atoms with E-state index in [9.17, 15) is 4.79 Å². The van der Waals surface area contributed by atoms with Gasteiger partial charge in [0.05, 0.1) is 39.7 Å². The molecule has 0 aliphatic heterocycles. The lowest BCUT2D eigenvalue weighted by molar-refractivity contribution is 0.476. The minimum atomic E-state index is -0.116. The van der Waals surface area contributed by atoms with Crippen LogP contribution in [-0.4, -0.2) is 14.5 Å². The maximum Gasteiger partial charge on any atom is 0.262 e. The van der Waals surface area contributed by atoms with Crippen LogP contribution in [0, 0.1) is 0 Å². The van der Waals surface area contributed by atoms with E-state index in [2.05, 4.69) is 11.1 Å². The van der Waals surface area contributed by atoms with Gasteiger partial charge in [0.25, 0.3) is 5.56 Å². The van der Waals surface area contributed by atoms with E-state index < -0.39 is 0 Å². The maximum absolute atomic E-state index is 13.2. The number of hydrogen-bond acceptors (Lipinski definition) is 6. The molecule has 0 bridgehead atoms. The topological polar surface area (TPSA) is 60.9 Å². The third-order valence-corrected chi connectivity index (χ3v) is 6.88. The molecule has 5 rings (SSSR count). The molecule has 0 radical (unpaired) electrons.